The topological polar surface area (TPSA) is 26.0 Å². The van der Waals surface area contributed by atoms with Crippen molar-refractivity contribution in [2.75, 3.05) is 0 Å². The quantitative estimate of drug-likeness (QED) is 0.772. The second kappa shape index (κ2) is 4.10. The molecule has 2 N–H and O–H groups in total. The molecule has 84 valence electrons. The summed E-state index contributed by atoms with van der Waals surface area (Å²) in [7, 11) is 0. The lowest BCUT2D eigenvalue weighted by Crippen LogP contribution is -2.13. The number of benzene rings is 1. The van der Waals surface area contributed by atoms with Crippen molar-refractivity contribution in [1.82, 2.24) is 0 Å². The average molecular weight is 221 g/mol. The van der Waals surface area contributed by atoms with E-state index in [-0.39, 0.29) is 0 Å². The first-order valence-corrected chi connectivity index (χ1v) is 5.95. The van der Waals surface area contributed by atoms with Crippen LogP contribution in [0.4, 0.5) is 0 Å². The van der Waals surface area contributed by atoms with Gasteiger partial charge >= 0.3 is 0 Å². The summed E-state index contributed by atoms with van der Waals surface area (Å²) in [5.41, 5.74) is 10.8. The number of rotatable bonds is 1. The van der Waals surface area contributed by atoms with E-state index >= 15 is 0 Å². The predicted molar refractivity (Wildman–Crippen MR) is 72.0 cm³/mol. The van der Waals surface area contributed by atoms with Gasteiger partial charge in [0.15, 0.2) is 0 Å². The summed E-state index contributed by atoms with van der Waals surface area (Å²) in [5, 5.41) is 0. The minimum Gasteiger partial charge on any atom is -0.399 e. The fraction of sp³-hybridized carbons (Fsp3) is 0.125. The molecule has 1 unspecified atom stereocenters. The second-order valence-electron chi connectivity index (χ2n) is 4.48. The highest BCUT2D eigenvalue weighted by Crippen LogP contribution is 2.38. The molecule has 0 amide bonds. The molecular formula is C16H15N. The molecule has 0 aliphatic heterocycles. The highest BCUT2D eigenvalue weighted by atomic mass is 14.6. The van der Waals surface area contributed by atoms with Gasteiger partial charge in [0.05, 0.1) is 0 Å². The highest BCUT2D eigenvalue weighted by molar-refractivity contribution is 5.75. The van der Waals surface area contributed by atoms with Gasteiger partial charge in [0, 0.05) is 11.6 Å². The van der Waals surface area contributed by atoms with E-state index in [1.165, 1.54) is 16.7 Å². The van der Waals surface area contributed by atoms with Crippen molar-refractivity contribution >= 4 is 5.57 Å². The van der Waals surface area contributed by atoms with Crippen molar-refractivity contribution in [1.29, 1.82) is 0 Å². The van der Waals surface area contributed by atoms with Crippen LogP contribution in [0.1, 0.15) is 12.0 Å². The number of nitrogens with two attached hydrogens (primary N) is 1. The third-order valence-electron chi connectivity index (χ3n) is 3.37. The van der Waals surface area contributed by atoms with Crippen molar-refractivity contribution in [3.05, 3.63) is 77.5 Å². The van der Waals surface area contributed by atoms with Crippen molar-refractivity contribution < 1.29 is 0 Å². The molecular weight excluding hydrogens is 206 g/mol. The molecule has 0 saturated heterocycles. The first-order valence-electron chi connectivity index (χ1n) is 5.95. The normalized spacial score (nSPS) is 22.4. The van der Waals surface area contributed by atoms with Crippen molar-refractivity contribution in [3.8, 4) is 0 Å². The zero-order chi connectivity index (χ0) is 11.7. The summed E-state index contributed by atoms with van der Waals surface area (Å²) >= 11 is 0. The van der Waals surface area contributed by atoms with Gasteiger partial charge in [-0.05, 0) is 29.2 Å². The zero-order valence-corrected chi connectivity index (χ0v) is 9.64. The van der Waals surface area contributed by atoms with E-state index < -0.39 is 0 Å². The predicted octanol–water partition coefficient (Wildman–Crippen LogP) is 3.43. The van der Waals surface area contributed by atoms with Gasteiger partial charge < -0.3 is 5.73 Å². The molecule has 3 rings (SSSR count). The van der Waals surface area contributed by atoms with Gasteiger partial charge in [-0.25, -0.2) is 0 Å². The van der Waals surface area contributed by atoms with Gasteiger partial charge in [0.25, 0.3) is 0 Å². The van der Waals surface area contributed by atoms with Crippen LogP contribution in [0.5, 0.6) is 0 Å². The van der Waals surface area contributed by atoms with Crippen LogP contribution in [-0.4, -0.2) is 0 Å². The molecule has 0 fully saturated rings. The fourth-order valence-electron chi connectivity index (χ4n) is 2.52. The monoisotopic (exact) mass is 221 g/mol. The summed E-state index contributed by atoms with van der Waals surface area (Å²) < 4.78 is 0. The Morgan fingerprint density at radius 3 is 2.76 bits per heavy atom. The van der Waals surface area contributed by atoms with E-state index in [0.29, 0.717) is 5.92 Å². The van der Waals surface area contributed by atoms with Gasteiger partial charge in [-0.3, -0.25) is 0 Å². The maximum atomic E-state index is 5.86. The van der Waals surface area contributed by atoms with Crippen molar-refractivity contribution in [3.63, 3.8) is 0 Å². The summed E-state index contributed by atoms with van der Waals surface area (Å²) in [6.45, 7) is 0. The maximum Gasteiger partial charge on any atom is 0.0276 e. The summed E-state index contributed by atoms with van der Waals surface area (Å²) in [4.78, 5) is 0. The van der Waals surface area contributed by atoms with E-state index in [4.69, 9.17) is 5.73 Å². The molecule has 0 spiro atoms. The average Bonchev–Trinajstić information content (AvgIpc) is 2.39. The molecule has 0 aromatic heterocycles. The second-order valence-corrected chi connectivity index (χ2v) is 4.48. The van der Waals surface area contributed by atoms with Crippen molar-refractivity contribution in [2.45, 2.75) is 6.42 Å². The van der Waals surface area contributed by atoms with E-state index in [1.54, 1.807) is 0 Å². The summed E-state index contributed by atoms with van der Waals surface area (Å²) in [5.74, 6) is 0.467. The Balaban J connectivity index is 2.01. The minimum atomic E-state index is 0.467. The van der Waals surface area contributed by atoms with Crippen LogP contribution < -0.4 is 5.73 Å². The van der Waals surface area contributed by atoms with E-state index in [1.807, 2.05) is 0 Å². The molecule has 2 aliphatic rings. The Bertz CT molecular complexity index is 544. The first-order chi connectivity index (χ1) is 8.34. The van der Waals surface area contributed by atoms with E-state index in [9.17, 15) is 0 Å². The molecule has 0 heterocycles. The number of fused-ring (bicyclic) bond motifs is 1. The third-order valence-corrected chi connectivity index (χ3v) is 3.37. The lowest BCUT2D eigenvalue weighted by Gasteiger charge is -2.26. The van der Waals surface area contributed by atoms with Gasteiger partial charge in [0.2, 0.25) is 0 Å². The van der Waals surface area contributed by atoms with Crippen LogP contribution in [0, 0.1) is 5.92 Å². The standard InChI is InChI=1S/C16H15N/c17-14-9-10-16-13(11-14)7-4-8-15(16)12-5-2-1-3-6-12/h1-9,11,16H,10,17H2. The zero-order valence-electron chi connectivity index (χ0n) is 9.64. The molecule has 0 radical (unpaired) electrons. The van der Waals surface area contributed by atoms with E-state index in [2.05, 4.69) is 60.7 Å². The highest BCUT2D eigenvalue weighted by Gasteiger charge is 2.22. The Hall–Kier alpha value is -2.02. The summed E-state index contributed by atoms with van der Waals surface area (Å²) in [6.07, 6.45) is 11.7. The van der Waals surface area contributed by atoms with Crippen LogP contribution >= 0.6 is 0 Å². The molecule has 0 saturated carbocycles. The number of allylic oxidation sites excluding steroid dienone is 7. The molecule has 1 aromatic rings. The molecule has 1 atom stereocenters. The number of hydrogen-bond acceptors (Lipinski definition) is 1. The smallest absolute Gasteiger partial charge is 0.0276 e. The largest absolute Gasteiger partial charge is 0.399 e. The number of hydrogen-bond donors (Lipinski definition) is 1. The van der Waals surface area contributed by atoms with Gasteiger partial charge in [-0.15, -0.1) is 0 Å². The SMILES string of the molecule is NC1=CCC2C(=C1)C=CC=C2c1ccccc1. The van der Waals surface area contributed by atoms with Crippen LogP contribution in [0.3, 0.4) is 0 Å². The minimum absolute atomic E-state index is 0.467. The van der Waals surface area contributed by atoms with Gasteiger partial charge in [-0.1, -0.05) is 54.6 Å². The maximum absolute atomic E-state index is 5.86. The van der Waals surface area contributed by atoms with Crippen LogP contribution in [0.25, 0.3) is 5.57 Å². The Morgan fingerprint density at radius 2 is 1.94 bits per heavy atom. The molecule has 1 nitrogen and oxygen atoms in total. The van der Waals surface area contributed by atoms with Gasteiger partial charge in [0.1, 0.15) is 0 Å². The van der Waals surface area contributed by atoms with Crippen LogP contribution in [-0.2, 0) is 0 Å². The Morgan fingerprint density at radius 1 is 1.12 bits per heavy atom. The Labute approximate surface area is 102 Å². The third kappa shape index (κ3) is 1.84. The van der Waals surface area contributed by atoms with Crippen LogP contribution in [0.2, 0.25) is 0 Å². The van der Waals surface area contributed by atoms with Gasteiger partial charge in [-0.2, -0.15) is 0 Å². The molecule has 1 heteroatoms. The molecule has 0 bridgehead atoms. The molecule has 2 aliphatic carbocycles. The van der Waals surface area contributed by atoms with E-state index in [0.717, 1.165) is 12.1 Å². The summed E-state index contributed by atoms with van der Waals surface area (Å²) in [6, 6.07) is 10.6. The Kier molecular flexibility index (Phi) is 2.45. The molecule has 1 aromatic carbocycles. The fourth-order valence-corrected chi connectivity index (χ4v) is 2.52. The molecule has 17 heavy (non-hydrogen) atoms. The lowest BCUT2D eigenvalue weighted by atomic mass is 9.78. The van der Waals surface area contributed by atoms with Crippen molar-refractivity contribution in [2.24, 2.45) is 11.7 Å². The van der Waals surface area contributed by atoms with Crippen LogP contribution in [0.15, 0.2) is 72.0 Å². The first kappa shape index (κ1) is 10.2. The lowest BCUT2D eigenvalue weighted by molar-refractivity contribution is 0.790.